The summed E-state index contributed by atoms with van der Waals surface area (Å²) in [5.41, 5.74) is 6.59. The lowest BCUT2D eigenvalue weighted by atomic mass is 10.0. The minimum atomic E-state index is -0.301. The van der Waals surface area contributed by atoms with E-state index in [0.717, 1.165) is 5.75 Å². The Kier molecular flexibility index (Phi) is 3.75. The minimum Gasteiger partial charge on any atom is -0.486 e. The summed E-state index contributed by atoms with van der Waals surface area (Å²) in [6, 6.07) is 8.14. The summed E-state index contributed by atoms with van der Waals surface area (Å²) in [6.07, 6.45) is 0. The fraction of sp³-hybridized carbons (Fsp3) is 0.538. The van der Waals surface area contributed by atoms with Crippen molar-refractivity contribution in [2.24, 2.45) is 5.73 Å². The molecule has 0 fully saturated rings. The van der Waals surface area contributed by atoms with Crippen molar-refractivity contribution in [1.82, 2.24) is 0 Å². The Labute approximate surface area is 92.4 Å². The molecule has 0 aromatic heterocycles. The summed E-state index contributed by atoms with van der Waals surface area (Å²) in [6.45, 7) is 8.85. The first-order valence-corrected chi connectivity index (χ1v) is 5.44. The van der Waals surface area contributed by atoms with Gasteiger partial charge in [-0.3, -0.25) is 0 Å². The maximum Gasteiger partial charge on any atom is 0.123 e. The lowest BCUT2D eigenvalue weighted by molar-refractivity contribution is 0.117. The Morgan fingerprint density at radius 3 is 2.40 bits per heavy atom. The van der Waals surface area contributed by atoms with Gasteiger partial charge in [0.25, 0.3) is 0 Å². The van der Waals surface area contributed by atoms with Crippen LogP contribution in [0.3, 0.4) is 0 Å². The number of rotatable bonds is 4. The Morgan fingerprint density at radius 1 is 1.27 bits per heavy atom. The quantitative estimate of drug-likeness (QED) is 0.824. The lowest BCUT2D eigenvalue weighted by Gasteiger charge is -2.26. The van der Waals surface area contributed by atoms with E-state index in [1.807, 2.05) is 32.0 Å². The molecule has 15 heavy (non-hydrogen) atoms. The average Bonchev–Trinajstić information content (AvgIpc) is 2.18. The SMILES string of the molecule is CC(C)c1ccccc1OC(C)(C)CN. The number of hydrogen-bond acceptors (Lipinski definition) is 2. The van der Waals surface area contributed by atoms with Gasteiger partial charge >= 0.3 is 0 Å². The highest BCUT2D eigenvalue weighted by Gasteiger charge is 2.19. The second-order valence-electron chi connectivity index (χ2n) is 4.76. The zero-order chi connectivity index (χ0) is 11.5. The Hall–Kier alpha value is -1.02. The van der Waals surface area contributed by atoms with E-state index in [-0.39, 0.29) is 5.60 Å². The molecular formula is C13H21NO. The normalized spacial score (nSPS) is 11.9. The van der Waals surface area contributed by atoms with Gasteiger partial charge in [-0.25, -0.2) is 0 Å². The van der Waals surface area contributed by atoms with Crippen LogP contribution in [0.5, 0.6) is 5.75 Å². The predicted octanol–water partition coefficient (Wildman–Crippen LogP) is 2.93. The van der Waals surface area contributed by atoms with Crippen LogP contribution in [-0.4, -0.2) is 12.1 Å². The van der Waals surface area contributed by atoms with Gasteiger partial charge < -0.3 is 10.5 Å². The highest BCUT2D eigenvalue weighted by atomic mass is 16.5. The van der Waals surface area contributed by atoms with Crippen molar-refractivity contribution in [2.45, 2.75) is 39.2 Å². The second-order valence-corrected chi connectivity index (χ2v) is 4.76. The number of hydrogen-bond donors (Lipinski definition) is 1. The zero-order valence-electron chi connectivity index (χ0n) is 10.1. The molecule has 0 aliphatic rings. The molecule has 1 aromatic carbocycles. The van der Waals surface area contributed by atoms with Crippen molar-refractivity contribution in [2.75, 3.05) is 6.54 Å². The van der Waals surface area contributed by atoms with Crippen LogP contribution in [0.4, 0.5) is 0 Å². The molecule has 1 rings (SSSR count). The molecule has 0 saturated heterocycles. The van der Waals surface area contributed by atoms with Crippen LogP contribution in [0, 0.1) is 0 Å². The molecular weight excluding hydrogens is 186 g/mol. The summed E-state index contributed by atoms with van der Waals surface area (Å²) in [5.74, 6) is 1.41. The first-order chi connectivity index (χ1) is 6.96. The van der Waals surface area contributed by atoms with Crippen LogP contribution >= 0.6 is 0 Å². The fourth-order valence-electron chi connectivity index (χ4n) is 1.39. The van der Waals surface area contributed by atoms with Gasteiger partial charge in [-0.05, 0) is 31.4 Å². The van der Waals surface area contributed by atoms with Crippen LogP contribution in [-0.2, 0) is 0 Å². The number of ether oxygens (including phenoxy) is 1. The van der Waals surface area contributed by atoms with Crippen molar-refractivity contribution >= 4 is 0 Å². The van der Waals surface area contributed by atoms with Crippen LogP contribution in [0.1, 0.15) is 39.2 Å². The van der Waals surface area contributed by atoms with E-state index < -0.39 is 0 Å². The van der Waals surface area contributed by atoms with Crippen LogP contribution in [0.2, 0.25) is 0 Å². The van der Waals surface area contributed by atoms with Crippen molar-refractivity contribution < 1.29 is 4.74 Å². The molecule has 0 radical (unpaired) electrons. The van der Waals surface area contributed by atoms with Crippen molar-refractivity contribution in [3.8, 4) is 5.75 Å². The number of para-hydroxylation sites is 1. The van der Waals surface area contributed by atoms with E-state index in [0.29, 0.717) is 12.5 Å². The molecule has 2 nitrogen and oxygen atoms in total. The van der Waals surface area contributed by atoms with Crippen LogP contribution in [0.15, 0.2) is 24.3 Å². The number of benzene rings is 1. The average molecular weight is 207 g/mol. The van der Waals surface area contributed by atoms with Crippen LogP contribution < -0.4 is 10.5 Å². The maximum absolute atomic E-state index is 5.92. The van der Waals surface area contributed by atoms with Gasteiger partial charge in [-0.15, -0.1) is 0 Å². The van der Waals surface area contributed by atoms with Gasteiger partial charge in [0.15, 0.2) is 0 Å². The smallest absolute Gasteiger partial charge is 0.123 e. The van der Waals surface area contributed by atoms with E-state index in [1.165, 1.54) is 5.56 Å². The van der Waals surface area contributed by atoms with Gasteiger partial charge in [0.2, 0.25) is 0 Å². The third-order valence-corrected chi connectivity index (χ3v) is 2.42. The summed E-state index contributed by atoms with van der Waals surface area (Å²) in [7, 11) is 0. The molecule has 0 bridgehead atoms. The van der Waals surface area contributed by atoms with Gasteiger partial charge in [-0.1, -0.05) is 32.0 Å². The number of nitrogens with two attached hydrogens (primary N) is 1. The summed E-state index contributed by atoms with van der Waals surface area (Å²) in [5, 5.41) is 0. The Balaban J connectivity index is 2.94. The maximum atomic E-state index is 5.92. The molecule has 0 heterocycles. The predicted molar refractivity (Wildman–Crippen MR) is 64.3 cm³/mol. The largest absolute Gasteiger partial charge is 0.486 e. The zero-order valence-corrected chi connectivity index (χ0v) is 10.1. The first kappa shape index (κ1) is 12.1. The molecule has 84 valence electrons. The topological polar surface area (TPSA) is 35.2 Å². The van der Waals surface area contributed by atoms with E-state index in [9.17, 15) is 0 Å². The molecule has 1 aromatic rings. The van der Waals surface area contributed by atoms with Crippen molar-refractivity contribution in [3.05, 3.63) is 29.8 Å². The monoisotopic (exact) mass is 207 g/mol. The molecule has 0 saturated carbocycles. The molecule has 0 aliphatic carbocycles. The molecule has 0 atom stereocenters. The second kappa shape index (κ2) is 4.67. The van der Waals surface area contributed by atoms with Gasteiger partial charge in [0.1, 0.15) is 11.4 Å². The highest BCUT2D eigenvalue weighted by molar-refractivity contribution is 5.36. The summed E-state index contributed by atoms with van der Waals surface area (Å²) in [4.78, 5) is 0. The summed E-state index contributed by atoms with van der Waals surface area (Å²) >= 11 is 0. The Morgan fingerprint density at radius 2 is 1.87 bits per heavy atom. The van der Waals surface area contributed by atoms with Crippen molar-refractivity contribution in [1.29, 1.82) is 0 Å². The molecule has 0 amide bonds. The van der Waals surface area contributed by atoms with Crippen LogP contribution in [0.25, 0.3) is 0 Å². The van der Waals surface area contributed by atoms with E-state index >= 15 is 0 Å². The van der Waals surface area contributed by atoms with Gasteiger partial charge in [-0.2, -0.15) is 0 Å². The van der Waals surface area contributed by atoms with E-state index in [2.05, 4.69) is 19.9 Å². The van der Waals surface area contributed by atoms with Gasteiger partial charge in [0, 0.05) is 6.54 Å². The van der Waals surface area contributed by atoms with E-state index in [4.69, 9.17) is 10.5 Å². The third-order valence-electron chi connectivity index (χ3n) is 2.42. The first-order valence-electron chi connectivity index (χ1n) is 5.44. The molecule has 0 spiro atoms. The summed E-state index contributed by atoms with van der Waals surface area (Å²) < 4.78 is 5.92. The molecule has 2 heteroatoms. The van der Waals surface area contributed by atoms with E-state index in [1.54, 1.807) is 0 Å². The minimum absolute atomic E-state index is 0.301. The molecule has 0 aliphatic heterocycles. The highest BCUT2D eigenvalue weighted by Crippen LogP contribution is 2.28. The Bertz CT molecular complexity index is 318. The fourth-order valence-corrected chi connectivity index (χ4v) is 1.39. The standard InChI is InChI=1S/C13H21NO/c1-10(2)11-7-5-6-8-12(11)15-13(3,4)9-14/h5-8,10H,9,14H2,1-4H3. The molecule has 2 N–H and O–H groups in total. The van der Waals surface area contributed by atoms with Crippen molar-refractivity contribution in [3.63, 3.8) is 0 Å². The molecule has 0 unspecified atom stereocenters. The van der Waals surface area contributed by atoms with Gasteiger partial charge in [0.05, 0.1) is 0 Å². The lowest BCUT2D eigenvalue weighted by Crippen LogP contribution is -2.37. The third kappa shape index (κ3) is 3.24.